The molecule has 0 spiro atoms. The first-order valence-corrected chi connectivity index (χ1v) is 5.84. The number of nitrogens with one attached hydrogen (secondary N) is 1. The second-order valence-corrected chi connectivity index (χ2v) is 3.88. The van der Waals surface area contributed by atoms with E-state index in [1.165, 1.54) is 7.11 Å². The third kappa shape index (κ3) is 3.27. The number of amides is 1. The van der Waals surface area contributed by atoms with Gasteiger partial charge in [-0.25, -0.2) is 4.98 Å². The monoisotopic (exact) mass is 261 g/mol. The van der Waals surface area contributed by atoms with Crippen LogP contribution < -0.4 is 10.1 Å². The Labute approximate surface area is 110 Å². The van der Waals surface area contributed by atoms with Crippen LogP contribution in [-0.2, 0) is 6.54 Å². The lowest BCUT2D eigenvalue weighted by atomic mass is 10.3. The molecule has 19 heavy (non-hydrogen) atoms. The second kappa shape index (κ2) is 5.94. The Bertz CT molecular complexity index is 550. The predicted molar refractivity (Wildman–Crippen MR) is 67.9 cm³/mol. The van der Waals surface area contributed by atoms with E-state index in [9.17, 15) is 4.79 Å². The predicted octanol–water partition coefficient (Wildman–Crippen LogP) is 0.420. The third-order valence-electron chi connectivity index (χ3n) is 2.64. The SMILES string of the molecule is COc1ccc(C(=O)NCCn2ccnc2C)nn1. The average molecular weight is 261 g/mol. The van der Waals surface area contributed by atoms with Crippen molar-refractivity contribution in [3.8, 4) is 5.88 Å². The van der Waals surface area contributed by atoms with Gasteiger partial charge >= 0.3 is 0 Å². The van der Waals surface area contributed by atoms with Gasteiger partial charge in [0.05, 0.1) is 7.11 Å². The minimum atomic E-state index is -0.257. The normalized spacial score (nSPS) is 10.2. The zero-order valence-corrected chi connectivity index (χ0v) is 10.8. The number of nitrogens with zero attached hydrogens (tertiary/aromatic N) is 4. The third-order valence-corrected chi connectivity index (χ3v) is 2.64. The summed E-state index contributed by atoms with van der Waals surface area (Å²) in [6.45, 7) is 3.08. The lowest BCUT2D eigenvalue weighted by Crippen LogP contribution is -2.28. The van der Waals surface area contributed by atoms with Gasteiger partial charge in [-0.15, -0.1) is 10.2 Å². The van der Waals surface area contributed by atoms with Crippen LogP contribution in [0.1, 0.15) is 16.3 Å². The van der Waals surface area contributed by atoms with Gasteiger partial charge in [0.15, 0.2) is 5.69 Å². The molecule has 0 radical (unpaired) electrons. The van der Waals surface area contributed by atoms with Crippen LogP contribution >= 0.6 is 0 Å². The molecule has 2 rings (SSSR count). The average Bonchev–Trinajstić information content (AvgIpc) is 2.84. The summed E-state index contributed by atoms with van der Waals surface area (Å²) < 4.78 is 6.83. The van der Waals surface area contributed by atoms with Crippen LogP contribution in [0.4, 0.5) is 0 Å². The highest BCUT2D eigenvalue weighted by Crippen LogP contribution is 2.03. The Kier molecular flexibility index (Phi) is 4.07. The molecule has 0 aliphatic heterocycles. The molecule has 0 fully saturated rings. The molecule has 0 bridgehead atoms. The first-order valence-electron chi connectivity index (χ1n) is 5.84. The van der Waals surface area contributed by atoms with Crippen molar-refractivity contribution < 1.29 is 9.53 Å². The Balaban J connectivity index is 1.85. The zero-order valence-electron chi connectivity index (χ0n) is 10.8. The van der Waals surface area contributed by atoms with Crippen molar-refractivity contribution in [2.24, 2.45) is 0 Å². The molecule has 7 nitrogen and oxygen atoms in total. The molecule has 0 aromatic carbocycles. The van der Waals surface area contributed by atoms with Crippen LogP contribution in [-0.4, -0.2) is 39.3 Å². The zero-order chi connectivity index (χ0) is 13.7. The standard InChI is InChI=1S/C12H15N5O2/c1-9-13-5-7-17(9)8-6-14-12(18)10-3-4-11(19-2)16-15-10/h3-5,7H,6,8H2,1-2H3,(H,14,18). The smallest absolute Gasteiger partial charge is 0.271 e. The van der Waals surface area contributed by atoms with Crippen LogP contribution in [0.2, 0.25) is 0 Å². The van der Waals surface area contributed by atoms with Gasteiger partial charge in [0, 0.05) is 31.5 Å². The highest BCUT2D eigenvalue weighted by atomic mass is 16.5. The topological polar surface area (TPSA) is 81.9 Å². The molecular weight excluding hydrogens is 246 g/mol. The summed E-state index contributed by atoms with van der Waals surface area (Å²) in [6, 6.07) is 3.17. The number of carbonyl (C=O) groups excluding carboxylic acids is 1. The van der Waals surface area contributed by atoms with Gasteiger partial charge in [-0.05, 0) is 13.0 Å². The van der Waals surface area contributed by atoms with E-state index in [-0.39, 0.29) is 11.6 Å². The van der Waals surface area contributed by atoms with Crippen LogP contribution in [0.5, 0.6) is 5.88 Å². The number of imidazole rings is 1. The number of carbonyl (C=O) groups is 1. The Morgan fingerprint density at radius 2 is 2.26 bits per heavy atom. The summed E-state index contributed by atoms with van der Waals surface area (Å²) in [5, 5.41) is 10.3. The highest BCUT2D eigenvalue weighted by molar-refractivity contribution is 5.92. The Morgan fingerprint density at radius 3 is 2.84 bits per heavy atom. The minimum Gasteiger partial charge on any atom is -0.480 e. The summed E-state index contributed by atoms with van der Waals surface area (Å²) in [5.41, 5.74) is 0.267. The van der Waals surface area contributed by atoms with Gasteiger partial charge < -0.3 is 14.6 Å². The molecule has 1 amide bonds. The maximum atomic E-state index is 11.8. The number of rotatable bonds is 5. The highest BCUT2D eigenvalue weighted by Gasteiger charge is 2.07. The maximum absolute atomic E-state index is 11.8. The molecule has 100 valence electrons. The van der Waals surface area contributed by atoms with E-state index >= 15 is 0 Å². The molecule has 0 aliphatic carbocycles. The summed E-state index contributed by atoms with van der Waals surface area (Å²) in [4.78, 5) is 15.9. The molecule has 2 aromatic rings. The second-order valence-electron chi connectivity index (χ2n) is 3.88. The summed E-state index contributed by atoms with van der Waals surface area (Å²) in [7, 11) is 1.50. The summed E-state index contributed by atoms with van der Waals surface area (Å²) in [6.07, 6.45) is 3.60. The van der Waals surface area contributed by atoms with Gasteiger partial charge in [0.1, 0.15) is 5.82 Å². The number of ether oxygens (including phenoxy) is 1. The van der Waals surface area contributed by atoms with E-state index in [1.807, 2.05) is 17.7 Å². The Morgan fingerprint density at radius 1 is 1.42 bits per heavy atom. The fourth-order valence-electron chi connectivity index (χ4n) is 1.57. The molecule has 0 saturated carbocycles. The van der Waals surface area contributed by atoms with Crippen molar-refractivity contribution in [2.75, 3.05) is 13.7 Å². The molecule has 0 unspecified atom stereocenters. The van der Waals surface area contributed by atoms with E-state index in [2.05, 4.69) is 20.5 Å². The summed E-state index contributed by atoms with van der Waals surface area (Å²) in [5.74, 6) is 1.04. The number of hydrogen-bond donors (Lipinski definition) is 1. The maximum Gasteiger partial charge on any atom is 0.271 e. The van der Waals surface area contributed by atoms with E-state index in [1.54, 1.807) is 18.3 Å². The first-order chi connectivity index (χ1) is 9.20. The molecule has 0 atom stereocenters. The van der Waals surface area contributed by atoms with Crippen molar-refractivity contribution in [1.82, 2.24) is 25.1 Å². The number of aryl methyl sites for hydroxylation is 1. The van der Waals surface area contributed by atoms with Crippen molar-refractivity contribution >= 4 is 5.91 Å². The largest absolute Gasteiger partial charge is 0.480 e. The van der Waals surface area contributed by atoms with Crippen LogP contribution in [0, 0.1) is 6.92 Å². The molecule has 0 aliphatic rings. The summed E-state index contributed by atoms with van der Waals surface area (Å²) >= 11 is 0. The molecule has 7 heteroatoms. The Hall–Kier alpha value is -2.44. The van der Waals surface area contributed by atoms with Gasteiger partial charge in [0.25, 0.3) is 5.91 Å². The van der Waals surface area contributed by atoms with E-state index in [0.717, 1.165) is 5.82 Å². The van der Waals surface area contributed by atoms with Crippen molar-refractivity contribution in [3.63, 3.8) is 0 Å². The van der Waals surface area contributed by atoms with E-state index in [4.69, 9.17) is 4.74 Å². The molecule has 2 aromatic heterocycles. The van der Waals surface area contributed by atoms with Crippen molar-refractivity contribution in [2.45, 2.75) is 13.5 Å². The van der Waals surface area contributed by atoms with Crippen LogP contribution in [0.3, 0.4) is 0 Å². The number of methoxy groups -OCH3 is 1. The van der Waals surface area contributed by atoms with Crippen molar-refractivity contribution in [1.29, 1.82) is 0 Å². The van der Waals surface area contributed by atoms with Crippen LogP contribution in [0.15, 0.2) is 24.5 Å². The fourth-order valence-corrected chi connectivity index (χ4v) is 1.57. The number of hydrogen-bond acceptors (Lipinski definition) is 5. The van der Waals surface area contributed by atoms with Gasteiger partial charge in [-0.3, -0.25) is 4.79 Å². The molecule has 2 heterocycles. The molecular formula is C12H15N5O2. The van der Waals surface area contributed by atoms with Gasteiger partial charge in [0.2, 0.25) is 5.88 Å². The minimum absolute atomic E-state index is 0.257. The number of aromatic nitrogens is 4. The quantitative estimate of drug-likeness (QED) is 0.843. The molecule has 0 saturated heterocycles. The lowest BCUT2D eigenvalue weighted by Gasteiger charge is -2.06. The van der Waals surface area contributed by atoms with Gasteiger partial charge in [-0.1, -0.05) is 0 Å². The lowest BCUT2D eigenvalue weighted by molar-refractivity contribution is 0.0946. The first kappa shape index (κ1) is 13.0. The molecule has 1 N–H and O–H groups in total. The van der Waals surface area contributed by atoms with Gasteiger partial charge in [-0.2, -0.15) is 0 Å². The fraction of sp³-hybridized carbons (Fsp3) is 0.333. The van der Waals surface area contributed by atoms with E-state index in [0.29, 0.717) is 19.0 Å². The van der Waals surface area contributed by atoms with Crippen molar-refractivity contribution in [3.05, 3.63) is 36.0 Å². The van der Waals surface area contributed by atoms with E-state index < -0.39 is 0 Å². The van der Waals surface area contributed by atoms with Crippen LogP contribution in [0.25, 0.3) is 0 Å².